The topological polar surface area (TPSA) is 58.2 Å². The summed E-state index contributed by atoms with van der Waals surface area (Å²) in [6, 6.07) is 15.7. The van der Waals surface area contributed by atoms with Gasteiger partial charge in [-0.15, -0.1) is 23.2 Å². The molecule has 2 N–H and O–H groups in total. The highest BCUT2D eigenvalue weighted by Gasteiger charge is 2.67. The standard InChI is InChI=1S/C23H13Cl5FN2O2/c24-12-7-11(8-13(25)9-12)19-20(23(19,27)28)22(33)30-14-5-6-16(26)15(10-14)21(32)31-18-4-2-1-3-17(18)29/h2-10,19-20H,(H,30,33)(H,31,32). The average Bonchev–Trinajstić information content (AvgIpc) is 3.32. The summed E-state index contributed by atoms with van der Waals surface area (Å²) in [5, 5.41) is 6.05. The first-order valence-electron chi connectivity index (χ1n) is 9.49. The fraction of sp³-hybridized carbons (Fsp3) is 0.130. The first kappa shape index (κ1) is 24.1. The van der Waals surface area contributed by atoms with Crippen LogP contribution >= 0.6 is 58.0 Å². The predicted molar refractivity (Wildman–Crippen MR) is 130 cm³/mol. The Morgan fingerprint density at radius 2 is 1.67 bits per heavy atom. The smallest absolute Gasteiger partial charge is 0.257 e. The number of nitrogens with one attached hydrogen (secondary N) is 2. The highest BCUT2D eigenvalue weighted by molar-refractivity contribution is 6.53. The third-order valence-electron chi connectivity index (χ3n) is 5.12. The highest BCUT2D eigenvalue weighted by Crippen LogP contribution is 2.65. The molecule has 1 fully saturated rings. The second kappa shape index (κ2) is 9.32. The van der Waals surface area contributed by atoms with Gasteiger partial charge in [-0.1, -0.05) is 40.9 Å². The van der Waals surface area contributed by atoms with Gasteiger partial charge in [0.1, 0.15) is 10.2 Å². The molecular weight excluding hydrogens is 533 g/mol. The minimum atomic E-state index is -1.35. The lowest BCUT2D eigenvalue weighted by molar-refractivity contribution is -0.117. The number of amides is 2. The van der Waals surface area contributed by atoms with Crippen LogP contribution in [0.15, 0.2) is 54.6 Å². The zero-order chi connectivity index (χ0) is 23.9. The number of hydrogen-bond acceptors (Lipinski definition) is 2. The molecular formula is C23H13Cl5FN2O2. The lowest BCUT2D eigenvalue weighted by Gasteiger charge is -2.11. The molecule has 1 aliphatic carbocycles. The van der Waals surface area contributed by atoms with Crippen molar-refractivity contribution < 1.29 is 14.0 Å². The van der Waals surface area contributed by atoms with Crippen LogP contribution in [0.3, 0.4) is 0 Å². The molecule has 1 aliphatic rings. The summed E-state index contributed by atoms with van der Waals surface area (Å²) in [5.41, 5.74) is 0.935. The molecule has 0 heterocycles. The van der Waals surface area contributed by atoms with Crippen LogP contribution in [0.5, 0.6) is 0 Å². The Hall–Kier alpha value is -2.02. The van der Waals surface area contributed by atoms with E-state index in [1.807, 2.05) is 0 Å². The minimum Gasteiger partial charge on any atom is -0.326 e. The maximum atomic E-state index is 13.8. The van der Waals surface area contributed by atoms with Crippen molar-refractivity contribution in [3.8, 4) is 0 Å². The predicted octanol–water partition coefficient (Wildman–Crippen LogP) is 7.36. The van der Waals surface area contributed by atoms with Crippen molar-refractivity contribution in [3.05, 3.63) is 92.7 Å². The molecule has 10 heteroatoms. The van der Waals surface area contributed by atoms with Crippen molar-refractivity contribution >= 4 is 81.2 Å². The summed E-state index contributed by atoms with van der Waals surface area (Å²) in [6.07, 6.45) is 0. The molecule has 2 amide bonds. The van der Waals surface area contributed by atoms with Gasteiger partial charge >= 0.3 is 0 Å². The summed E-state index contributed by atoms with van der Waals surface area (Å²) in [6.45, 7) is 0. The summed E-state index contributed by atoms with van der Waals surface area (Å²) >= 11 is 31.0. The molecule has 1 saturated carbocycles. The molecule has 169 valence electrons. The molecule has 3 aromatic rings. The number of anilines is 2. The fourth-order valence-corrected chi connectivity index (χ4v) is 5.09. The van der Waals surface area contributed by atoms with E-state index in [0.29, 0.717) is 15.6 Å². The van der Waals surface area contributed by atoms with Gasteiger partial charge in [-0.05, 0) is 60.2 Å². The molecule has 3 aromatic carbocycles. The summed E-state index contributed by atoms with van der Waals surface area (Å²) in [7, 11) is 0. The van der Waals surface area contributed by atoms with E-state index in [4.69, 9.17) is 58.0 Å². The number of halogens is 6. The van der Waals surface area contributed by atoms with E-state index in [0.717, 1.165) is 6.07 Å². The molecule has 2 atom stereocenters. The zero-order valence-electron chi connectivity index (χ0n) is 16.4. The molecule has 2 unspecified atom stereocenters. The molecule has 0 saturated heterocycles. The summed E-state index contributed by atoms with van der Waals surface area (Å²) in [5.74, 6) is -3.06. The molecule has 0 bridgehead atoms. The van der Waals surface area contributed by atoms with Crippen LogP contribution in [0.1, 0.15) is 21.8 Å². The third-order valence-corrected chi connectivity index (χ3v) is 6.83. The van der Waals surface area contributed by atoms with Crippen LogP contribution in [0.4, 0.5) is 15.8 Å². The Bertz CT molecular complexity index is 1250. The SMILES string of the molecule is O=C(Nc1cc[c]cc1F)c1cc(NC(=O)C2C(c3cc(Cl)cc(Cl)c3)C2(Cl)Cl)ccc1Cl. The number of alkyl halides is 2. The van der Waals surface area contributed by atoms with E-state index in [1.54, 1.807) is 18.2 Å². The van der Waals surface area contributed by atoms with Crippen molar-refractivity contribution in [2.24, 2.45) is 5.92 Å². The van der Waals surface area contributed by atoms with Gasteiger partial charge in [0.05, 0.1) is 22.2 Å². The molecule has 4 rings (SSSR count). The van der Waals surface area contributed by atoms with E-state index in [2.05, 4.69) is 16.7 Å². The molecule has 33 heavy (non-hydrogen) atoms. The maximum Gasteiger partial charge on any atom is 0.257 e. The van der Waals surface area contributed by atoms with E-state index >= 15 is 0 Å². The Kier molecular flexibility index (Phi) is 6.81. The van der Waals surface area contributed by atoms with Crippen LogP contribution in [0.2, 0.25) is 15.1 Å². The number of hydrogen-bond donors (Lipinski definition) is 2. The van der Waals surface area contributed by atoms with Gasteiger partial charge in [0.2, 0.25) is 5.91 Å². The fourth-order valence-electron chi connectivity index (χ4n) is 3.52. The summed E-state index contributed by atoms with van der Waals surface area (Å²) < 4.78 is 12.5. The van der Waals surface area contributed by atoms with Crippen molar-refractivity contribution in [1.29, 1.82) is 0 Å². The Balaban J connectivity index is 1.52. The molecule has 4 nitrogen and oxygen atoms in total. The van der Waals surface area contributed by atoms with Crippen LogP contribution in [-0.4, -0.2) is 16.1 Å². The maximum absolute atomic E-state index is 13.8. The second-order valence-corrected chi connectivity index (χ2v) is 10.1. The zero-order valence-corrected chi connectivity index (χ0v) is 20.2. The highest BCUT2D eigenvalue weighted by atomic mass is 35.5. The van der Waals surface area contributed by atoms with Gasteiger partial charge in [0.15, 0.2) is 0 Å². The van der Waals surface area contributed by atoms with Gasteiger partial charge in [-0.25, -0.2) is 4.39 Å². The lowest BCUT2D eigenvalue weighted by Crippen LogP contribution is -2.18. The Labute approximate surface area is 213 Å². The molecule has 0 aromatic heterocycles. The van der Waals surface area contributed by atoms with Gasteiger partial charge in [0, 0.05) is 21.7 Å². The van der Waals surface area contributed by atoms with Gasteiger partial charge < -0.3 is 10.6 Å². The normalized spacial score (nSPS) is 18.5. The van der Waals surface area contributed by atoms with E-state index in [1.165, 1.54) is 30.3 Å². The van der Waals surface area contributed by atoms with Crippen LogP contribution in [0, 0.1) is 17.8 Å². The largest absolute Gasteiger partial charge is 0.326 e. The monoisotopic (exact) mass is 543 g/mol. The van der Waals surface area contributed by atoms with Crippen molar-refractivity contribution in [3.63, 3.8) is 0 Å². The number of rotatable bonds is 5. The summed E-state index contributed by atoms with van der Waals surface area (Å²) in [4.78, 5) is 25.5. The molecule has 0 aliphatic heterocycles. The first-order valence-corrected chi connectivity index (χ1v) is 11.4. The van der Waals surface area contributed by atoms with E-state index < -0.39 is 33.8 Å². The van der Waals surface area contributed by atoms with E-state index in [9.17, 15) is 14.0 Å². The van der Waals surface area contributed by atoms with Crippen LogP contribution in [0.25, 0.3) is 0 Å². The van der Waals surface area contributed by atoms with Crippen molar-refractivity contribution in [1.82, 2.24) is 0 Å². The molecule has 0 spiro atoms. The number of carbonyl (C=O) groups excluding carboxylic acids is 2. The van der Waals surface area contributed by atoms with Gasteiger partial charge in [-0.3, -0.25) is 9.59 Å². The van der Waals surface area contributed by atoms with Crippen molar-refractivity contribution in [2.75, 3.05) is 10.6 Å². The van der Waals surface area contributed by atoms with Gasteiger partial charge in [-0.2, -0.15) is 0 Å². The van der Waals surface area contributed by atoms with Crippen LogP contribution in [-0.2, 0) is 4.79 Å². The van der Waals surface area contributed by atoms with Gasteiger partial charge in [0.25, 0.3) is 5.91 Å². The van der Waals surface area contributed by atoms with E-state index in [-0.39, 0.29) is 22.0 Å². The quantitative estimate of drug-likeness (QED) is 0.329. The number of carbonyl (C=O) groups is 2. The lowest BCUT2D eigenvalue weighted by atomic mass is 10.1. The minimum absolute atomic E-state index is 0.0284. The second-order valence-electron chi connectivity index (χ2n) is 7.38. The van der Waals surface area contributed by atoms with Crippen molar-refractivity contribution in [2.45, 2.75) is 10.3 Å². The Morgan fingerprint density at radius 1 is 0.970 bits per heavy atom. The first-order chi connectivity index (χ1) is 15.6. The average molecular weight is 546 g/mol. The molecule has 1 radical (unpaired) electrons. The third kappa shape index (κ3) is 5.08. The Morgan fingerprint density at radius 3 is 2.33 bits per heavy atom. The number of benzene rings is 3. The van der Waals surface area contributed by atoms with Crippen LogP contribution < -0.4 is 10.6 Å².